The van der Waals surface area contributed by atoms with Crippen LogP contribution in [-0.4, -0.2) is 35.6 Å². The molecule has 3 heteroatoms. The number of ether oxygens (including phenoxy) is 1. The van der Waals surface area contributed by atoms with E-state index < -0.39 is 5.60 Å². The van der Waals surface area contributed by atoms with E-state index in [1.165, 1.54) is 0 Å². The van der Waals surface area contributed by atoms with Gasteiger partial charge in [-0.05, 0) is 40.2 Å². The van der Waals surface area contributed by atoms with Crippen LogP contribution in [0.25, 0.3) is 0 Å². The van der Waals surface area contributed by atoms with Crippen molar-refractivity contribution in [2.45, 2.75) is 51.7 Å². The number of nitrogens with zero attached hydrogens (tertiary/aromatic N) is 1. The third-order valence-electron chi connectivity index (χ3n) is 2.59. The van der Waals surface area contributed by atoms with Crippen LogP contribution in [-0.2, 0) is 9.53 Å². The highest BCUT2D eigenvalue weighted by atomic mass is 16.6. The number of carbonyl (C=O) groups excluding carboxylic acids is 1. The highest BCUT2D eigenvalue weighted by molar-refractivity contribution is 5.76. The number of terminal acetylenes is 1. The van der Waals surface area contributed by atoms with Crippen LogP contribution in [0.1, 0.15) is 40.0 Å². The summed E-state index contributed by atoms with van der Waals surface area (Å²) in [5, 5.41) is 0. The maximum Gasteiger partial charge on any atom is 0.323 e. The topological polar surface area (TPSA) is 29.5 Å². The van der Waals surface area contributed by atoms with Gasteiger partial charge in [0, 0.05) is 13.0 Å². The smallest absolute Gasteiger partial charge is 0.323 e. The summed E-state index contributed by atoms with van der Waals surface area (Å²) in [5.74, 6) is 2.50. The summed E-state index contributed by atoms with van der Waals surface area (Å²) >= 11 is 0. The Bertz CT molecular complexity index is 285. The van der Waals surface area contributed by atoms with Crippen molar-refractivity contribution in [1.29, 1.82) is 0 Å². The number of carbonyl (C=O) groups is 1. The van der Waals surface area contributed by atoms with Crippen LogP contribution in [0, 0.1) is 12.3 Å². The minimum Gasteiger partial charge on any atom is -0.459 e. The van der Waals surface area contributed by atoms with Crippen molar-refractivity contribution >= 4 is 5.97 Å². The Morgan fingerprint density at radius 3 is 2.81 bits per heavy atom. The Kier molecular flexibility index (Phi) is 4.37. The van der Waals surface area contributed by atoms with Gasteiger partial charge < -0.3 is 4.74 Å². The van der Waals surface area contributed by atoms with E-state index in [-0.39, 0.29) is 12.0 Å². The summed E-state index contributed by atoms with van der Waals surface area (Å²) in [4.78, 5) is 14.1. The van der Waals surface area contributed by atoms with E-state index >= 15 is 0 Å². The molecule has 0 radical (unpaired) electrons. The zero-order chi connectivity index (χ0) is 12.2. The molecular weight excluding hydrogens is 202 g/mol. The van der Waals surface area contributed by atoms with Gasteiger partial charge in [0.25, 0.3) is 0 Å². The highest BCUT2D eigenvalue weighted by Gasteiger charge is 2.33. The average Bonchev–Trinajstić information content (AvgIpc) is 2.59. The summed E-state index contributed by atoms with van der Waals surface area (Å²) in [5.41, 5.74) is -0.405. The van der Waals surface area contributed by atoms with E-state index in [1.807, 2.05) is 20.8 Å². The molecule has 90 valence electrons. The molecule has 1 aliphatic heterocycles. The normalized spacial score (nSPS) is 21.8. The second-order valence-electron chi connectivity index (χ2n) is 5.18. The molecule has 1 aliphatic rings. The summed E-state index contributed by atoms with van der Waals surface area (Å²) in [7, 11) is 0. The molecule has 0 unspecified atom stereocenters. The fourth-order valence-electron chi connectivity index (χ4n) is 1.94. The van der Waals surface area contributed by atoms with E-state index in [9.17, 15) is 4.79 Å². The van der Waals surface area contributed by atoms with Crippen LogP contribution >= 0.6 is 0 Å². The molecule has 0 spiro atoms. The fraction of sp³-hybridized carbons (Fsp3) is 0.769. The van der Waals surface area contributed by atoms with Crippen molar-refractivity contribution in [3.05, 3.63) is 0 Å². The van der Waals surface area contributed by atoms with Gasteiger partial charge >= 0.3 is 5.97 Å². The number of rotatable bonds is 3. The lowest BCUT2D eigenvalue weighted by atomic mass is 10.1. The highest BCUT2D eigenvalue weighted by Crippen LogP contribution is 2.20. The first kappa shape index (κ1) is 13.1. The molecule has 3 nitrogen and oxygen atoms in total. The molecule has 0 aromatic heterocycles. The molecule has 1 fully saturated rings. The van der Waals surface area contributed by atoms with E-state index in [0.717, 1.165) is 25.9 Å². The molecule has 0 N–H and O–H groups in total. The zero-order valence-corrected chi connectivity index (χ0v) is 10.5. The van der Waals surface area contributed by atoms with Gasteiger partial charge in [0.05, 0.1) is 0 Å². The van der Waals surface area contributed by atoms with Crippen LogP contribution in [0.3, 0.4) is 0 Å². The molecule has 1 atom stereocenters. The second-order valence-corrected chi connectivity index (χ2v) is 5.18. The summed E-state index contributed by atoms with van der Waals surface area (Å²) in [6.45, 7) is 7.43. The molecule has 1 heterocycles. The van der Waals surface area contributed by atoms with E-state index in [0.29, 0.717) is 6.42 Å². The van der Waals surface area contributed by atoms with Crippen molar-refractivity contribution in [2.24, 2.45) is 0 Å². The Labute approximate surface area is 98.1 Å². The summed E-state index contributed by atoms with van der Waals surface area (Å²) in [6, 6.07) is -0.0902. The lowest BCUT2D eigenvalue weighted by Gasteiger charge is -2.26. The number of esters is 1. The van der Waals surface area contributed by atoms with E-state index in [2.05, 4.69) is 10.8 Å². The molecule has 0 aromatic carbocycles. The molecular formula is C13H21NO2. The molecule has 16 heavy (non-hydrogen) atoms. The zero-order valence-electron chi connectivity index (χ0n) is 10.5. The maximum atomic E-state index is 11.9. The third kappa shape index (κ3) is 3.86. The van der Waals surface area contributed by atoms with Gasteiger partial charge in [0.2, 0.25) is 0 Å². The van der Waals surface area contributed by atoms with Crippen molar-refractivity contribution in [1.82, 2.24) is 4.90 Å². The van der Waals surface area contributed by atoms with Gasteiger partial charge in [0.15, 0.2) is 0 Å². The van der Waals surface area contributed by atoms with Crippen LogP contribution in [0.15, 0.2) is 0 Å². The lowest BCUT2D eigenvalue weighted by molar-refractivity contribution is -0.160. The molecule has 0 aromatic rings. The Morgan fingerprint density at radius 2 is 2.25 bits per heavy atom. The van der Waals surface area contributed by atoms with Gasteiger partial charge in [-0.3, -0.25) is 9.69 Å². The van der Waals surface area contributed by atoms with Gasteiger partial charge in [-0.15, -0.1) is 12.3 Å². The molecule has 0 saturated carbocycles. The minimum absolute atomic E-state index is 0.0902. The molecule has 0 bridgehead atoms. The van der Waals surface area contributed by atoms with Gasteiger partial charge in [-0.1, -0.05) is 0 Å². The van der Waals surface area contributed by atoms with Gasteiger partial charge in [-0.2, -0.15) is 0 Å². The SMILES string of the molecule is C#CCCN1CCC[C@H]1C(=O)OC(C)(C)C. The predicted molar refractivity (Wildman–Crippen MR) is 63.9 cm³/mol. The fourth-order valence-corrected chi connectivity index (χ4v) is 1.94. The summed E-state index contributed by atoms with van der Waals surface area (Å²) < 4.78 is 5.40. The predicted octanol–water partition coefficient (Wildman–Crippen LogP) is 1.82. The van der Waals surface area contributed by atoms with Crippen LogP contribution in [0.2, 0.25) is 0 Å². The largest absolute Gasteiger partial charge is 0.459 e. The van der Waals surface area contributed by atoms with Crippen LogP contribution in [0.5, 0.6) is 0 Å². The minimum atomic E-state index is -0.405. The number of hydrogen-bond acceptors (Lipinski definition) is 3. The second kappa shape index (κ2) is 5.36. The number of likely N-dealkylation sites (tertiary alicyclic amines) is 1. The van der Waals surface area contributed by atoms with Crippen LogP contribution < -0.4 is 0 Å². The molecule has 0 aliphatic carbocycles. The van der Waals surface area contributed by atoms with E-state index in [1.54, 1.807) is 0 Å². The van der Waals surface area contributed by atoms with Crippen molar-refractivity contribution < 1.29 is 9.53 Å². The quantitative estimate of drug-likeness (QED) is 0.540. The van der Waals surface area contributed by atoms with Gasteiger partial charge in [0.1, 0.15) is 11.6 Å². The number of hydrogen-bond donors (Lipinski definition) is 0. The van der Waals surface area contributed by atoms with Crippen molar-refractivity contribution in [2.75, 3.05) is 13.1 Å². The monoisotopic (exact) mass is 223 g/mol. The average molecular weight is 223 g/mol. The van der Waals surface area contributed by atoms with Crippen molar-refractivity contribution in [3.8, 4) is 12.3 Å². The summed E-state index contributed by atoms with van der Waals surface area (Å²) in [6.07, 6.45) is 7.87. The Hall–Kier alpha value is -1.01. The Morgan fingerprint density at radius 1 is 1.56 bits per heavy atom. The molecule has 1 rings (SSSR count). The third-order valence-corrected chi connectivity index (χ3v) is 2.59. The van der Waals surface area contributed by atoms with Crippen LogP contribution in [0.4, 0.5) is 0 Å². The molecule has 0 amide bonds. The van der Waals surface area contributed by atoms with Gasteiger partial charge in [-0.25, -0.2) is 0 Å². The standard InChI is InChI=1S/C13H21NO2/c1-5-6-9-14-10-7-8-11(14)12(15)16-13(2,3)4/h1,11H,6-10H2,2-4H3/t11-/m0/s1. The molecule has 1 saturated heterocycles. The first-order valence-electron chi connectivity index (χ1n) is 5.84. The van der Waals surface area contributed by atoms with Crippen molar-refractivity contribution in [3.63, 3.8) is 0 Å². The van der Waals surface area contributed by atoms with E-state index in [4.69, 9.17) is 11.2 Å². The Balaban J connectivity index is 2.51. The lowest BCUT2D eigenvalue weighted by Crippen LogP contribution is -2.40. The first-order chi connectivity index (χ1) is 7.44. The maximum absolute atomic E-state index is 11.9. The first-order valence-corrected chi connectivity index (χ1v) is 5.84.